The van der Waals surface area contributed by atoms with Gasteiger partial charge in [0.15, 0.2) is 0 Å². The van der Waals surface area contributed by atoms with E-state index in [1.54, 1.807) is 0 Å². The maximum atomic E-state index is 12.2. The molecule has 2 heterocycles. The van der Waals surface area contributed by atoms with Crippen molar-refractivity contribution >= 4 is 39.1 Å². The molecule has 28 heavy (non-hydrogen) atoms. The summed E-state index contributed by atoms with van der Waals surface area (Å²) in [5.74, 6) is 0.619. The van der Waals surface area contributed by atoms with Crippen molar-refractivity contribution < 1.29 is 4.79 Å². The number of hydrogen-bond acceptors (Lipinski definition) is 4. The first kappa shape index (κ1) is 19.4. The van der Waals surface area contributed by atoms with E-state index >= 15 is 0 Å². The summed E-state index contributed by atoms with van der Waals surface area (Å²) >= 11 is 7.71. The first-order valence-electron chi connectivity index (χ1n) is 9.76. The second kappa shape index (κ2) is 9.03. The summed E-state index contributed by atoms with van der Waals surface area (Å²) < 4.78 is 1.26. The number of benzene rings is 2. The number of aromatic nitrogens is 1. The summed E-state index contributed by atoms with van der Waals surface area (Å²) in [6.07, 6.45) is 2.96. The highest BCUT2D eigenvalue weighted by atomic mass is 35.5. The van der Waals surface area contributed by atoms with E-state index in [9.17, 15) is 4.79 Å². The van der Waals surface area contributed by atoms with Crippen molar-refractivity contribution in [3.8, 4) is 0 Å². The van der Waals surface area contributed by atoms with Crippen molar-refractivity contribution in [2.24, 2.45) is 0 Å². The molecule has 2 aromatic carbocycles. The Morgan fingerprint density at radius 3 is 2.64 bits per heavy atom. The van der Waals surface area contributed by atoms with E-state index in [1.165, 1.54) is 15.3 Å². The molecule has 1 amide bonds. The van der Waals surface area contributed by atoms with Gasteiger partial charge < -0.3 is 5.32 Å². The number of nitrogens with zero attached hydrogens (tertiary/aromatic N) is 2. The summed E-state index contributed by atoms with van der Waals surface area (Å²) in [6.45, 7) is 3.03. The SMILES string of the molecule is O=C(CN1CCC(c2nc3ccccc3s2)CC1)NCCc1ccc(Cl)cc1. The number of amides is 1. The number of para-hydroxylation sites is 1. The van der Waals surface area contributed by atoms with Gasteiger partial charge in [-0.05, 0) is 62.2 Å². The highest BCUT2D eigenvalue weighted by Gasteiger charge is 2.24. The number of rotatable bonds is 6. The maximum Gasteiger partial charge on any atom is 0.234 e. The number of nitrogens with one attached hydrogen (secondary N) is 1. The molecule has 1 saturated heterocycles. The normalized spacial score (nSPS) is 15.8. The quantitative estimate of drug-likeness (QED) is 0.647. The Morgan fingerprint density at radius 1 is 1.14 bits per heavy atom. The molecular weight excluding hydrogens is 390 g/mol. The summed E-state index contributed by atoms with van der Waals surface area (Å²) in [4.78, 5) is 19.3. The van der Waals surface area contributed by atoms with Crippen molar-refractivity contribution in [3.05, 3.63) is 64.1 Å². The lowest BCUT2D eigenvalue weighted by atomic mass is 9.97. The lowest BCUT2D eigenvalue weighted by Crippen LogP contribution is -2.41. The van der Waals surface area contributed by atoms with Crippen LogP contribution in [0.5, 0.6) is 0 Å². The zero-order valence-corrected chi connectivity index (χ0v) is 17.3. The van der Waals surface area contributed by atoms with E-state index in [-0.39, 0.29) is 5.91 Å². The van der Waals surface area contributed by atoms with E-state index in [4.69, 9.17) is 16.6 Å². The Morgan fingerprint density at radius 2 is 1.89 bits per heavy atom. The van der Waals surface area contributed by atoms with Gasteiger partial charge >= 0.3 is 0 Å². The summed E-state index contributed by atoms with van der Waals surface area (Å²) in [7, 11) is 0. The topological polar surface area (TPSA) is 45.2 Å². The number of likely N-dealkylation sites (tertiary alicyclic amines) is 1. The molecule has 0 saturated carbocycles. The third-order valence-corrected chi connectivity index (χ3v) is 6.71. The zero-order chi connectivity index (χ0) is 19.3. The molecule has 3 aromatic rings. The van der Waals surface area contributed by atoms with Gasteiger partial charge in [-0.15, -0.1) is 11.3 Å². The molecule has 6 heteroatoms. The first-order valence-corrected chi connectivity index (χ1v) is 11.0. The van der Waals surface area contributed by atoms with Crippen LogP contribution in [0.2, 0.25) is 5.02 Å². The van der Waals surface area contributed by atoms with E-state index < -0.39 is 0 Å². The van der Waals surface area contributed by atoms with Crippen molar-refractivity contribution in [1.82, 2.24) is 15.2 Å². The van der Waals surface area contributed by atoms with Gasteiger partial charge in [-0.25, -0.2) is 4.98 Å². The van der Waals surface area contributed by atoms with Crippen LogP contribution in [0.1, 0.15) is 29.3 Å². The molecule has 0 spiro atoms. The summed E-state index contributed by atoms with van der Waals surface area (Å²) in [5.41, 5.74) is 2.28. The molecule has 4 rings (SSSR count). The molecule has 0 aliphatic carbocycles. The van der Waals surface area contributed by atoms with Crippen LogP contribution in [0.15, 0.2) is 48.5 Å². The number of thiazole rings is 1. The van der Waals surface area contributed by atoms with Gasteiger partial charge in [-0.1, -0.05) is 35.9 Å². The van der Waals surface area contributed by atoms with Gasteiger partial charge in [-0.3, -0.25) is 9.69 Å². The molecule has 1 N–H and O–H groups in total. The van der Waals surface area contributed by atoms with Crippen molar-refractivity contribution in [1.29, 1.82) is 0 Å². The van der Waals surface area contributed by atoms with Crippen LogP contribution in [-0.4, -0.2) is 42.0 Å². The fourth-order valence-corrected chi connectivity index (χ4v) is 4.92. The predicted octanol–water partition coefficient (Wildman–Crippen LogP) is 4.49. The van der Waals surface area contributed by atoms with Crippen LogP contribution in [-0.2, 0) is 11.2 Å². The van der Waals surface area contributed by atoms with E-state index in [1.807, 2.05) is 41.7 Å². The molecule has 4 nitrogen and oxygen atoms in total. The number of halogens is 1. The van der Waals surface area contributed by atoms with E-state index in [0.29, 0.717) is 19.0 Å². The molecule has 0 atom stereocenters. The van der Waals surface area contributed by atoms with Crippen LogP contribution in [0, 0.1) is 0 Å². The molecule has 0 bridgehead atoms. The number of carbonyl (C=O) groups is 1. The Kier molecular flexibility index (Phi) is 6.25. The number of carbonyl (C=O) groups excluding carboxylic acids is 1. The first-order chi connectivity index (χ1) is 13.7. The Hall–Kier alpha value is -1.95. The molecule has 0 radical (unpaired) electrons. The Bertz CT molecular complexity index is 899. The summed E-state index contributed by atoms with van der Waals surface area (Å²) in [5, 5.41) is 5.01. The lowest BCUT2D eigenvalue weighted by Gasteiger charge is -2.30. The van der Waals surface area contributed by atoms with Gasteiger partial charge in [0.1, 0.15) is 0 Å². The molecule has 0 unspecified atom stereocenters. The second-order valence-electron chi connectivity index (χ2n) is 7.30. The third kappa shape index (κ3) is 4.90. The van der Waals surface area contributed by atoms with Gasteiger partial charge in [0.25, 0.3) is 0 Å². The fraction of sp³-hybridized carbons (Fsp3) is 0.364. The van der Waals surface area contributed by atoms with Crippen LogP contribution >= 0.6 is 22.9 Å². The van der Waals surface area contributed by atoms with Crippen LogP contribution in [0.3, 0.4) is 0 Å². The minimum atomic E-state index is 0.104. The predicted molar refractivity (Wildman–Crippen MR) is 116 cm³/mol. The Labute approximate surface area is 174 Å². The summed E-state index contributed by atoms with van der Waals surface area (Å²) in [6, 6.07) is 16.1. The molecule has 1 aliphatic rings. The average molecular weight is 414 g/mol. The van der Waals surface area contributed by atoms with Gasteiger partial charge in [-0.2, -0.15) is 0 Å². The van der Waals surface area contributed by atoms with Crippen molar-refractivity contribution in [2.75, 3.05) is 26.2 Å². The van der Waals surface area contributed by atoms with E-state index in [2.05, 4.69) is 28.4 Å². The Balaban J connectivity index is 1.20. The third-order valence-electron chi connectivity index (χ3n) is 5.26. The monoisotopic (exact) mass is 413 g/mol. The fourth-order valence-electron chi connectivity index (χ4n) is 3.66. The van der Waals surface area contributed by atoms with Crippen LogP contribution in [0.25, 0.3) is 10.2 Å². The standard InChI is InChI=1S/C22H24ClN3OS/c23-18-7-5-16(6-8-18)9-12-24-21(27)15-26-13-10-17(11-14-26)22-25-19-3-1-2-4-20(19)28-22/h1-8,17H,9-15H2,(H,24,27). The molecular formula is C22H24ClN3OS. The van der Waals surface area contributed by atoms with Crippen LogP contribution < -0.4 is 5.32 Å². The number of fused-ring (bicyclic) bond motifs is 1. The van der Waals surface area contributed by atoms with Gasteiger partial charge in [0.2, 0.25) is 5.91 Å². The highest BCUT2D eigenvalue weighted by molar-refractivity contribution is 7.18. The minimum absolute atomic E-state index is 0.104. The zero-order valence-electron chi connectivity index (χ0n) is 15.7. The highest BCUT2D eigenvalue weighted by Crippen LogP contribution is 2.33. The minimum Gasteiger partial charge on any atom is -0.355 e. The average Bonchev–Trinajstić information content (AvgIpc) is 3.14. The van der Waals surface area contributed by atoms with Gasteiger partial charge in [0.05, 0.1) is 21.8 Å². The molecule has 1 aromatic heterocycles. The number of hydrogen-bond donors (Lipinski definition) is 1. The van der Waals surface area contributed by atoms with Crippen molar-refractivity contribution in [2.45, 2.75) is 25.2 Å². The van der Waals surface area contributed by atoms with Gasteiger partial charge in [0, 0.05) is 17.5 Å². The molecule has 146 valence electrons. The maximum absolute atomic E-state index is 12.2. The number of piperidine rings is 1. The smallest absolute Gasteiger partial charge is 0.234 e. The van der Waals surface area contributed by atoms with Crippen molar-refractivity contribution in [3.63, 3.8) is 0 Å². The molecule has 1 aliphatic heterocycles. The van der Waals surface area contributed by atoms with E-state index in [0.717, 1.165) is 42.9 Å². The van der Waals surface area contributed by atoms with Crippen LogP contribution in [0.4, 0.5) is 0 Å². The lowest BCUT2D eigenvalue weighted by molar-refractivity contribution is -0.122. The second-order valence-corrected chi connectivity index (χ2v) is 8.80. The largest absolute Gasteiger partial charge is 0.355 e. The molecule has 1 fully saturated rings.